The summed E-state index contributed by atoms with van der Waals surface area (Å²) in [6.45, 7) is 0.195. The van der Waals surface area contributed by atoms with Crippen molar-refractivity contribution >= 4 is 88.0 Å². The Morgan fingerprint density at radius 3 is 1.48 bits per heavy atom. The van der Waals surface area contributed by atoms with Crippen LogP contribution in [0.4, 0.5) is 5.69 Å². The molecule has 0 unspecified atom stereocenters. The van der Waals surface area contributed by atoms with Crippen molar-refractivity contribution in [3.8, 4) is 33.8 Å². The number of pyridine rings is 2. The van der Waals surface area contributed by atoms with E-state index in [2.05, 4.69) is 5.16 Å². The van der Waals surface area contributed by atoms with E-state index in [1.54, 1.807) is 20.9 Å². The molecule has 0 atom stereocenters. The van der Waals surface area contributed by atoms with E-state index in [0.29, 0.717) is 60.8 Å². The fraction of sp³-hybridized carbons (Fsp3) is 0.0200. The molecule has 4 aromatic heterocycles. The minimum atomic E-state index is -0.155. The van der Waals surface area contributed by atoms with Gasteiger partial charge >= 0.3 is 0 Å². The number of rotatable bonds is 4. The van der Waals surface area contributed by atoms with Gasteiger partial charge in [-0.3, -0.25) is 23.3 Å². The molecule has 11 heteroatoms. The first-order valence-electron chi connectivity index (χ1n) is 19.7. The summed E-state index contributed by atoms with van der Waals surface area (Å²) in [5.41, 5.74) is 8.00. The Labute approximate surface area is 343 Å². The van der Waals surface area contributed by atoms with Crippen LogP contribution in [0.1, 0.15) is 5.56 Å². The maximum atomic E-state index is 13.9. The van der Waals surface area contributed by atoms with E-state index in [1.165, 1.54) is 0 Å². The molecule has 0 aliphatic carbocycles. The van der Waals surface area contributed by atoms with E-state index in [4.69, 9.17) is 14.8 Å². The van der Waals surface area contributed by atoms with E-state index in [-0.39, 0.29) is 29.3 Å². The van der Waals surface area contributed by atoms with Crippen molar-refractivity contribution in [3.05, 3.63) is 172 Å². The van der Waals surface area contributed by atoms with Gasteiger partial charge in [0.1, 0.15) is 22.8 Å². The molecule has 5 heterocycles. The molecule has 0 spiro atoms. The van der Waals surface area contributed by atoms with Crippen LogP contribution in [0.25, 0.3) is 98.7 Å². The van der Waals surface area contributed by atoms with Crippen LogP contribution in [0.15, 0.2) is 160 Å². The van der Waals surface area contributed by atoms with Crippen molar-refractivity contribution < 1.29 is 15.1 Å². The molecule has 1 aliphatic heterocycles. The number of nitrogens with zero attached hydrogens (tertiary/aromatic N) is 6. The van der Waals surface area contributed by atoms with Crippen molar-refractivity contribution in [1.29, 1.82) is 0 Å². The third-order valence-electron chi connectivity index (χ3n) is 12.2. The van der Waals surface area contributed by atoms with Gasteiger partial charge in [0, 0.05) is 54.7 Å². The van der Waals surface area contributed by atoms with E-state index < -0.39 is 0 Å². The molecule has 0 saturated carbocycles. The van der Waals surface area contributed by atoms with Gasteiger partial charge in [-0.15, -0.1) is 0 Å². The number of amidine groups is 1. The van der Waals surface area contributed by atoms with Crippen molar-refractivity contribution in [2.24, 2.45) is 5.16 Å². The molecule has 1 aliphatic rings. The Morgan fingerprint density at radius 1 is 0.492 bits per heavy atom. The van der Waals surface area contributed by atoms with Gasteiger partial charge in [-0.1, -0.05) is 90.1 Å². The van der Waals surface area contributed by atoms with Crippen LogP contribution in [0.5, 0.6) is 11.5 Å². The number of oxime groups is 1. The van der Waals surface area contributed by atoms with Crippen LogP contribution in [0.2, 0.25) is 0 Å². The molecule has 8 aromatic carbocycles. The number of fused-ring (bicyclic) bond motifs is 8. The Hall–Kier alpha value is -8.57. The summed E-state index contributed by atoms with van der Waals surface area (Å²) in [6.07, 6.45) is 0. The van der Waals surface area contributed by atoms with Crippen LogP contribution in [-0.4, -0.2) is 41.5 Å². The summed E-state index contributed by atoms with van der Waals surface area (Å²) in [4.78, 5) is 45.0. The number of imidazole rings is 2. The van der Waals surface area contributed by atoms with Crippen molar-refractivity contribution in [3.63, 3.8) is 0 Å². The molecule has 288 valence electrons. The Kier molecular flexibility index (Phi) is 6.57. The normalized spacial score (nSPS) is 13.3. The van der Waals surface area contributed by atoms with E-state index in [0.717, 1.165) is 55.0 Å². The van der Waals surface area contributed by atoms with Crippen LogP contribution >= 0.6 is 0 Å². The zero-order valence-electron chi connectivity index (χ0n) is 31.9. The Morgan fingerprint density at radius 2 is 0.951 bits per heavy atom. The van der Waals surface area contributed by atoms with Gasteiger partial charge in [-0.25, -0.2) is 9.97 Å². The molecule has 2 N–H and O–H groups in total. The summed E-state index contributed by atoms with van der Waals surface area (Å²) >= 11 is 0. The average Bonchev–Trinajstić information content (AvgIpc) is 4.04. The first-order chi connectivity index (χ1) is 29.9. The van der Waals surface area contributed by atoms with Gasteiger partial charge in [0.15, 0.2) is 12.6 Å². The molecule has 61 heavy (non-hydrogen) atoms. The first-order valence-corrected chi connectivity index (χ1v) is 19.7. The smallest absolute Gasteiger partial charge is 0.264 e. The summed E-state index contributed by atoms with van der Waals surface area (Å²) < 4.78 is 3.26. The Bertz CT molecular complexity index is 4010. The van der Waals surface area contributed by atoms with Crippen LogP contribution in [-0.2, 0) is 4.84 Å². The zero-order valence-corrected chi connectivity index (χ0v) is 31.9. The molecular weight excluding hydrogens is 765 g/mol. The van der Waals surface area contributed by atoms with Crippen LogP contribution in [0.3, 0.4) is 0 Å². The molecule has 0 fully saturated rings. The number of anilines is 1. The second-order valence-corrected chi connectivity index (χ2v) is 15.4. The molecule has 0 amide bonds. The lowest BCUT2D eigenvalue weighted by molar-refractivity contribution is 0.174. The van der Waals surface area contributed by atoms with Gasteiger partial charge in [-0.05, 0) is 82.6 Å². The topological polar surface area (TPSA) is 134 Å². The largest absolute Gasteiger partial charge is 0.507 e. The standard InChI is InChI=1S/C50H28N6O5/c57-40-23-34-44-30(7-5-9-32(44)49(59)55-38-13-3-1-11-36(38)51-47(34)55)42(40)26-15-17-28(18-16-26)46-53-61-25-54(46)29-21-19-27(20-22-29)43-31-8-6-10-33-45(31)35(24-41(43)58)48-52-37-12-2-4-14-39(37)56(48)50(33)60/h1-24,57-58H,25H2. The van der Waals surface area contributed by atoms with Gasteiger partial charge in [-0.2, -0.15) is 0 Å². The van der Waals surface area contributed by atoms with Gasteiger partial charge in [0.05, 0.1) is 22.1 Å². The van der Waals surface area contributed by atoms with Crippen LogP contribution < -0.4 is 16.0 Å². The summed E-state index contributed by atoms with van der Waals surface area (Å²) in [5, 5.41) is 33.2. The van der Waals surface area contributed by atoms with Crippen LogP contribution in [0, 0.1) is 0 Å². The van der Waals surface area contributed by atoms with Gasteiger partial charge in [0.2, 0.25) is 0 Å². The lowest BCUT2D eigenvalue weighted by Gasteiger charge is -2.19. The third-order valence-corrected chi connectivity index (χ3v) is 12.2. The SMILES string of the molecule is O=c1c2cccc3c(-c4ccc(C5=NOCN5c5ccc(-c6c(O)cc7c8c6cccc8c(=O)n6c8ccccc8nc76)cc5)cc4)c(O)cc(c32)c2nc3ccccc3n12. The van der Waals surface area contributed by atoms with Gasteiger partial charge in [0.25, 0.3) is 11.1 Å². The maximum absolute atomic E-state index is 13.9. The number of hydrogen-bond donors (Lipinski definition) is 2. The van der Waals surface area contributed by atoms with E-state index >= 15 is 0 Å². The minimum Gasteiger partial charge on any atom is -0.507 e. The number of phenols is 2. The predicted octanol–water partition coefficient (Wildman–Crippen LogP) is 9.40. The van der Waals surface area contributed by atoms with Crippen molar-refractivity contribution in [2.75, 3.05) is 11.6 Å². The lowest BCUT2D eigenvalue weighted by atomic mass is 9.92. The molecule has 0 bridgehead atoms. The lowest BCUT2D eigenvalue weighted by Crippen LogP contribution is -2.27. The van der Waals surface area contributed by atoms with Crippen molar-refractivity contribution in [1.82, 2.24) is 18.8 Å². The van der Waals surface area contributed by atoms with Gasteiger partial charge < -0.3 is 15.1 Å². The minimum absolute atomic E-state index is 0.0805. The van der Waals surface area contributed by atoms with E-state index in [1.807, 2.05) is 138 Å². The number of hydrogen-bond acceptors (Lipinski definition) is 9. The highest BCUT2D eigenvalue weighted by atomic mass is 16.7. The quantitative estimate of drug-likeness (QED) is 0.180. The molecular formula is C50H28N6O5. The monoisotopic (exact) mass is 792 g/mol. The Balaban J connectivity index is 0.857. The summed E-state index contributed by atoms with van der Waals surface area (Å²) in [7, 11) is 0. The predicted molar refractivity (Wildman–Crippen MR) is 240 cm³/mol. The molecule has 0 radical (unpaired) electrons. The summed E-state index contributed by atoms with van der Waals surface area (Å²) in [6, 6.07) is 45.2. The fourth-order valence-corrected chi connectivity index (χ4v) is 9.58. The molecule has 12 aromatic rings. The molecule has 11 nitrogen and oxygen atoms in total. The number of benzene rings is 8. The summed E-state index contributed by atoms with van der Waals surface area (Å²) in [5.74, 6) is 0.771. The number of aromatic nitrogens is 4. The van der Waals surface area contributed by atoms with E-state index in [9.17, 15) is 19.8 Å². The third kappa shape index (κ3) is 4.48. The fourth-order valence-electron chi connectivity index (χ4n) is 9.58. The second kappa shape index (κ2) is 12.0. The second-order valence-electron chi connectivity index (χ2n) is 15.4. The first kappa shape index (κ1) is 33.4. The number of aromatic hydroxyl groups is 2. The maximum Gasteiger partial charge on any atom is 0.264 e. The number of phenolic OH excluding ortho intramolecular Hbond substituents is 2. The number of para-hydroxylation sites is 4. The highest BCUT2D eigenvalue weighted by Crippen LogP contribution is 2.44. The molecule has 0 saturated heterocycles. The molecule has 13 rings (SSSR count). The van der Waals surface area contributed by atoms with Crippen molar-refractivity contribution in [2.45, 2.75) is 0 Å². The average molecular weight is 793 g/mol. The zero-order chi connectivity index (χ0) is 40.7. The highest BCUT2D eigenvalue weighted by Gasteiger charge is 2.26. The highest BCUT2D eigenvalue weighted by molar-refractivity contribution is 6.22.